The zero-order valence-corrected chi connectivity index (χ0v) is 14.2. The van der Waals surface area contributed by atoms with Gasteiger partial charge >= 0.3 is 5.97 Å². The molecule has 0 aliphatic heterocycles. The first-order valence-corrected chi connectivity index (χ1v) is 8.01. The lowest BCUT2D eigenvalue weighted by atomic mass is 10.1. The Bertz CT molecular complexity index is 808. The molecule has 0 aliphatic carbocycles. The van der Waals surface area contributed by atoms with Gasteiger partial charge in [-0.2, -0.15) is 0 Å². The Hall–Kier alpha value is -2.96. The number of rotatable bonds is 8. The van der Waals surface area contributed by atoms with Crippen molar-refractivity contribution in [2.45, 2.75) is 19.3 Å². The van der Waals surface area contributed by atoms with E-state index < -0.39 is 17.6 Å². The number of carbonyl (C=O) groups excluding carboxylic acids is 1. The van der Waals surface area contributed by atoms with Crippen LogP contribution in [0.2, 0.25) is 0 Å². The molecule has 0 bridgehead atoms. The monoisotopic (exact) mass is 363 g/mol. The average molecular weight is 363 g/mol. The van der Waals surface area contributed by atoms with Crippen LogP contribution in [0.25, 0.3) is 0 Å². The molecule has 138 valence electrons. The SMILES string of the molecule is COc1cc(C(=O)O)ccc1CCNC(=O)CCc1cc(F)ccc1F. The number of aromatic carboxylic acids is 1. The Morgan fingerprint density at radius 2 is 1.85 bits per heavy atom. The van der Waals surface area contributed by atoms with Crippen LogP contribution in [0.15, 0.2) is 36.4 Å². The van der Waals surface area contributed by atoms with E-state index in [-0.39, 0.29) is 29.9 Å². The summed E-state index contributed by atoms with van der Waals surface area (Å²) in [7, 11) is 1.44. The van der Waals surface area contributed by atoms with Gasteiger partial charge in [-0.3, -0.25) is 4.79 Å². The van der Waals surface area contributed by atoms with Crippen LogP contribution in [0.5, 0.6) is 5.75 Å². The summed E-state index contributed by atoms with van der Waals surface area (Å²) < 4.78 is 31.8. The van der Waals surface area contributed by atoms with Crippen molar-refractivity contribution in [1.82, 2.24) is 5.32 Å². The summed E-state index contributed by atoms with van der Waals surface area (Å²) in [5.74, 6) is -1.98. The number of hydrogen-bond acceptors (Lipinski definition) is 3. The summed E-state index contributed by atoms with van der Waals surface area (Å²) in [4.78, 5) is 22.8. The molecule has 0 atom stereocenters. The minimum Gasteiger partial charge on any atom is -0.496 e. The van der Waals surface area contributed by atoms with Crippen molar-refractivity contribution in [2.24, 2.45) is 0 Å². The Labute approximate surface area is 149 Å². The minimum absolute atomic E-state index is 0.0372. The van der Waals surface area contributed by atoms with E-state index in [1.54, 1.807) is 6.07 Å². The normalized spacial score (nSPS) is 10.4. The lowest BCUT2D eigenvalue weighted by Gasteiger charge is -2.10. The third-order valence-electron chi connectivity index (χ3n) is 3.88. The van der Waals surface area contributed by atoms with E-state index in [0.29, 0.717) is 18.7 Å². The summed E-state index contributed by atoms with van der Waals surface area (Å²) in [5, 5.41) is 11.7. The Morgan fingerprint density at radius 3 is 2.54 bits per heavy atom. The van der Waals surface area contributed by atoms with E-state index in [2.05, 4.69) is 5.32 Å². The highest BCUT2D eigenvalue weighted by Gasteiger charge is 2.10. The Morgan fingerprint density at radius 1 is 1.08 bits per heavy atom. The summed E-state index contributed by atoms with van der Waals surface area (Å²) in [6.07, 6.45) is 0.588. The van der Waals surface area contributed by atoms with Crippen LogP contribution in [0.4, 0.5) is 8.78 Å². The van der Waals surface area contributed by atoms with E-state index in [0.717, 1.165) is 23.8 Å². The van der Waals surface area contributed by atoms with E-state index in [1.807, 2.05) is 0 Å². The number of carbonyl (C=O) groups is 2. The predicted molar refractivity (Wildman–Crippen MR) is 91.3 cm³/mol. The second kappa shape index (κ2) is 8.94. The van der Waals surface area contributed by atoms with Crippen molar-refractivity contribution in [3.8, 4) is 5.75 Å². The fourth-order valence-electron chi connectivity index (χ4n) is 2.49. The standard InChI is InChI=1S/C19H19F2NO4/c1-26-17-11-14(19(24)25)3-2-12(17)8-9-22-18(23)7-4-13-10-15(20)5-6-16(13)21/h2-3,5-6,10-11H,4,7-9H2,1H3,(H,22,23)(H,24,25). The van der Waals surface area contributed by atoms with Crippen molar-refractivity contribution in [2.75, 3.05) is 13.7 Å². The molecule has 0 saturated heterocycles. The quantitative estimate of drug-likeness (QED) is 0.756. The summed E-state index contributed by atoms with van der Waals surface area (Å²) in [5.41, 5.74) is 1.03. The molecule has 2 aromatic rings. The molecule has 0 heterocycles. The highest BCUT2D eigenvalue weighted by Crippen LogP contribution is 2.20. The maximum atomic E-state index is 13.5. The van der Waals surface area contributed by atoms with Crippen LogP contribution in [-0.4, -0.2) is 30.6 Å². The van der Waals surface area contributed by atoms with Gasteiger partial charge in [-0.1, -0.05) is 6.07 Å². The predicted octanol–water partition coefficient (Wildman–Crippen LogP) is 2.96. The number of carboxylic acid groups (broad SMARTS) is 1. The molecule has 0 radical (unpaired) electrons. The molecule has 1 amide bonds. The molecule has 0 aliphatic rings. The number of benzene rings is 2. The Kier molecular flexibility index (Phi) is 6.66. The smallest absolute Gasteiger partial charge is 0.335 e. The van der Waals surface area contributed by atoms with Gasteiger partial charge in [-0.05, 0) is 54.3 Å². The largest absolute Gasteiger partial charge is 0.496 e. The molecule has 0 unspecified atom stereocenters. The summed E-state index contributed by atoms with van der Waals surface area (Å²) in [6.45, 7) is 0.313. The lowest BCUT2D eigenvalue weighted by molar-refractivity contribution is -0.121. The molecule has 2 aromatic carbocycles. The molecule has 2 N–H and O–H groups in total. The highest BCUT2D eigenvalue weighted by atomic mass is 19.1. The molecular formula is C19H19F2NO4. The van der Waals surface area contributed by atoms with Gasteiger partial charge in [-0.25, -0.2) is 13.6 Å². The second-order valence-corrected chi connectivity index (χ2v) is 5.67. The molecule has 0 saturated carbocycles. The second-order valence-electron chi connectivity index (χ2n) is 5.67. The number of hydrogen-bond donors (Lipinski definition) is 2. The first-order valence-electron chi connectivity index (χ1n) is 8.01. The van der Waals surface area contributed by atoms with Gasteiger partial charge in [-0.15, -0.1) is 0 Å². The molecule has 0 aromatic heterocycles. The van der Waals surface area contributed by atoms with Crippen molar-refractivity contribution < 1.29 is 28.2 Å². The maximum absolute atomic E-state index is 13.5. The van der Waals surface area contributed by atoms with Crippen LogP contribution >= 0.6 is 0 Å². The molecule has 5 nitrogen and oxygen atoms in total. The van der Waals surface area contributed by atoms with Gasteiger partial charge in [0.05, 0.1) is 12.7 Å². The van der Waals surface area contributed by atoms with Crippen LogP contribution in [0.3, 0.4) is 0 Å². The van der Waals surface area contributed by atoms with Crippen molar-refractivity contribution in [1.29, 1.82) is 0 Å². The zero-order chi connectivity index (χ0) is 19.1. The van der Waals surface area contributed by atoms with Crippen LogP contribution in [-0.2, 0) is 17.6 Å². The summed E-state index contributed by atoms with van der Waals surface area (Å²) in [6, 6.07) is 7.67. The fraction of sp³-hybridized carbons (Fsp3) is 0.263. The minimum atomic E-state index is -1.05. The lowest BCUT2D eigenvalue weighted by Crippen LogP contribution is -2.26. The van der Waals surface area contributed by atoms with Crippen molar-refractivity contribution >= 4 is 11.9 Å². The highest BCUT2D eigenvalue weighted by molar-refractivity contribution is 5.88. The number of amides is 1. The zero-order valence-electron chi connectivity index (χ0n) is 14.2. The van der Waals surface area contributed by atoms with E-state index in [9.17, 15) is 18.4 Å². The van der Waals surface area contributed by atoms with E-state index in [4.69, 9.17) is 9.84 Å². The number of aryl methyl sites for hydroxylation is 1. The van der Waals surface area contributed by atoms with Crippen LogP contribution < -0.4 is 10.1 Å². The molecule has 2 rings (SSSR count). The van der Waals surface area contributed by atoms with E-state index >= 15 is 0 Å². The van der Waals surface area contributed by atoms with Gasteiger partial charge in [0.2, 0.25) is 5.91 Å². The third kappa shape index (κ3) is 5.27. The van der Waals surface area contributed by atoms with Gasteiger partial charge in [0.1, 0.15) is 17.4 Å². The average Bonchev–Trinajstić information content (AvgIpc) is 2.62. The van der Waals surface area contributed by atoms with Crippen LogP contribution in [0, 0.1) is 11.6 Å². The molecular weight excluding hydrogens is 344 g/mol. The number of carboxylic acids is 1. The Balaban J connectivity index is 1.84. The number of methoxy groups -OCH3 is 1. The van der Waals surface area contributed by atoms with Crippen LogP contribution in [0.1, 0.15) is 27.9 Å². The van der Waals surface area contributed by atoms with Gasteiger partial charge in [0.25, 0.3) is 0 Å². The van der Waals surface area contributed by atoms with Gasteiger partial charge < -0.3 is 15.2 Å². The number of nitrogens with one attached hydrogen (secondary N) is 1. The summed E-state index contributed by atoms with van der Waals surface area (Å²) >= 11 is 0. The number of halogens is 2. The van der Waals surface area contributed by atoms with Gasteiger partial charge in [0, 0.05) is 13.0 Å². The molecule has 0 spiro atoms. The van der Waals surface area contributed by atoms with Crippen molar-refractivity contribution in [3.05, 3.63) is 64.7 Å². The van der Waals surface area contributed by atoms with E-state index in [1.165, 1.54) is 19.2 Å². The first-order chi connectivity index (χ1) is 12.4. The first kappa shape index (κ1) is 19.4. The fourth-order valence-corrected chi connectivity index (χ4v) is 2.49. The topological polar surface area (TPSA) is 75.6 Å². The molecule has 7 heteroatoms. The third-order valence-corrected chi connectivity index (χ3v) is 3.88. The number of ether oxygens (including phenoxy) is 1. The maximum Gasteiger partial charge on any atom is 0.335 e. The van der Waals surface area contributed by atoms with Crippen molar-refractivity contribution in [3.63, 3.8) is 0 Å². The van der Waals surface area contributed by atoms with Gasteiger partial charge in [0.15, 0.2) is 0 Å². The molecule has 26 heavy (non-hydrogen) atoms. The molecule has 0 fully saturated rings.